The van der Waals surface area contributed by atoms with E-state index < -0.39 is 24.1 Å². The van der Waals surface area contributed by atoms with E-state index in [2.05, 4.69) is 0 Å². The number of hydrogen-bond donors (Lipinski definition) is 3. The minimum Gasteiger partial charge on any atom is -0.479 e. The molecule has 0 aliphatic heterocycles. The monoisotopic (exact) mass is 264 g/mol. The first-order valence-electron chi connectivity index (χ1n) is 5.32. The Balaban J connectivity index is 0. The number of carboxylic acids is 3. The molecule has 0 amide bonds. The molecule has 1 unspecified atom stereocenters. The van der Waals surface area contributed by atoms with Gasteiger partial charge in [-0.2, -0.15) is 0 Å². The Labute approximate surface area is 104 Å². The van der Waals surface area contributed by atoms with E-state index in [-0.39, 0.29) is 6.42 Å². The summed E-state index contributed by atoms with van der Waals surface area (Å²) in [5.74, 6) is -3.85. The van der Waals surface area contributed by atoms with Crippen molar-refractivity contribution in [3.8, 4) is 0 Å². The maximum atomic E-state index is 12.2. The summed E-state index contributed by atoms with van der Waals surface area (Å²) in [7, 11) is 0. The van der Waals surface area contributed by atoms with Crippen molar-refractivity contribution in [3.63, 3.8) is 0 Å². The normalized spacial score (nSPS) is 11.4. The zero-order chi connectivity index (χ0) is 14.6. The van der Waals surface area contributed by atoms with Gasteiger partial charge in [0, 0.05) is 12.2 Å². The van der Waals surface area contributed by atoms with Crippen LogP contribution in [0.4, 0.5) is 4.39 Å². The van der Waals surface area contributed by atoms with Crippen LogP contribution in [-0.2, 0) is 14.4 Å². The van der Waals surface area contributed by atoms with E-state index in [0.29, 0.717) is 18.6 Å². The first-order valence-corrected chi connectivity index (χ1v) is 5.32. The molecule has 3 N–H and O–H groups in total. The lowest BCUT2D eigenvalue weighted by Gasteiger charge is -1.99. The predicted octanol–water partition coefficient (Wildman–Crippen LogP) is 1.70. The first-order chi connectivity index (χ1) is 8.31. The van der Waals surface area contributed by atoms with Crippen LogP contribution in [0, 0.1) is 0 Å². The van der Waals surface area contributed by atoms with Crippen LogP contribution in [0.25, 0.3) is 0 Å². The fourth-order valence-electron chi connectivity index (χ4n) is 0.840. The van der Waals surface area contributed by atoms with E-state index in [1.165, 1.54) is 0 Å². The van der Waals surface area contributed by atoms with Gasteiger partial charge in [-0.25, -0.2) is 18.8 Å². The molecule has 0 aliphatic carbocycles. The van der Waals surface area contributed by atoms with Crippen LogP contribution in [-0.4, -0.2) is 39.4 Å². The second kappa shape index (κ2) is 11.6. The lowest BCUT2D eigenvalue weighted by Crippen LogP contribution is -2.13. The lowest BCUT2D eigenvalue weighted by molar-refractivity contribution is -0.143. The quantitative estimate of drug-likeness (QED) is 0.476. The summed E-state index contributed by atoms with van der Waals surface area (Å²) in [6.07, 6.45) is 2.18. The van der Waals surface area contributed by atoms with Crippen LogP contribution in [0.1, 0.15) is 32.6 Å². The van der Waals surface area contributed by atoms with Gasteiger partial charge in [0.2, 0.25) is 0 Å². The van der Waals surface area contributed by atoms with Gasteiger partial charge < -0.3 is 15.3 Å². The number of aliphatic carboxylic acids is 3. The highest BCUT2D eigenvalue weighted by Gasteiger charge is 2.13. The molecule has 0 aromatic carbocycles. The van der Waals surface area contributed by atoms with Crippen molar-refractivity contribution in [1.82, 2.24) is 0 Å². The Hall–Kier alpha value is -1.92. The SMILES string of the molecule is CCCCCC(F)C(=O)O.O=C(O)/C=C/C(=O)O. The third-order valence-electron chi connectivity index (χ3n) is 1.70. The third kappa shape index (κ3) is 16.5. The molecule has 0 spiro atoms. The minimum atomic E-state index is -1.66. The standard InChI is InChI=1S/C7H13FO2.C4H4O4/c1-2-3-4-5-6(8)7(9)10;5-3(6)1-2-4(7)8/h6H,2-5H2,1H3,(H,9,10);1-2H,(H,5,6)(H,7,8)/b;2-1+. The number of hydrogen-bond acceptors (Lipinski definition) is 3. The van der Waals surface area contributed by atoms with Gasteiger partial charge in [-0.1, -0.05) is 19.8 Å². The lowest BCUT2D eigenvalue weighted by atomic mass is 10.1. The number of rotatable bonds is 7. The summed E-state index contributed by atoms with van der Waals surface area (Å²) in [6.45, 7) is 1.99. The van der Waals surface area contributed by atoms with Gasteiger partial charge in [0.05, 0.1) is 0 Å². The molecule has 6 nitrogen and oxygen atoms in total. The van der Waals surface area contributed by atoms with Crippen molar-refractivity contribution in [1.29, 1.82) is 0 Å². The van der Waals surface area contributed by atoms with E-state index in [1.54, 1.807) is 0 Å². The Kier molecular flexibility index (Phi) is 11.8. The molecule has 0 bridgehead atoms. The summed E-state index contributed by atoms with van der Waals surface area (Å²) in [6, 6.07) is 0. The van der Waals surface area contributed by atoms with E-state index in [9.17, 15) is 18.8 Å². The molecule has 0 fully saturated rings. The van der Waals surface area contributed by atoms with E-state index >= 15 is 0 Å². The maximum absolute atomic E-state index is 12.2. The van der Waals surface area contributed by atoms with Crippen molar-refractivity contribution in [2.75, 3.05) is 0 Å². The Morgan fingerprint density at radius 2 is 1.50 bits per heavy atom. The Bertz CT molecular complexity index is 284. The van der Waals surface area contributed by atoms with Crippen LogP contribution < -0.4 is 0 Å². The largest absolute Gasteiger partial charge is 0.479 e. The molecule has 7 heteroatoms. The fraction of sp³-hybridized carbons (Fsp3) is 0.545. The molecule has 0 aromatic heterocycles. The molecular weight excluding hydrogens is 247 g/mol. The average Bonchev–Trinajstić information content (AvgIpc) is 2.27. The Morgan fingerprint density at radius 3 is 1.78 bits per heavy atom. The van der Waals surface area contributed by atoms with E-state index in [0.717, 1.165) is 12.8 Å². The molecule has 1 atom stereocenters. The van der Waals surface area contributed by atoms with Crippen LogP contribution >= 0.6 is 0 Å². The molecule has 0 saturated carbocycles. The van der Waals surface area contributed by atoms with Crippen LogP contribution in [0.5, 0.6) is 0 Å². The summed E-state index contributed by atoms with van der Waals surface area (Å²) in [5.41, 5.74) is 0. The molecule has 18 heavy (non-hydrogen) atoms. The number of carbonyl (C=O) groups is 3. The molecule has 0 heterocycles. The van der Waals surface area contributed by atoms with Gasteiger partial charge in [0.25, 0.3) is 0 Å². The maximum Gasteiger partial charge on any atom is 0.338 e. The molecule has 0 rings (SSSR count). The third-order valence-corrected chi connectivity index (χ3v) is 1.70. The van der Waals surface area contributed by atoms with E-state index in [4.69, 9.17) is 15.3 Å². The number of unbranched alkanes of at least 4 members (excludes halogenated alkanes) is 2. The predicted molar refractivity (Wildman–Crippen MR) is 61.1 cm³/mol. The molecule has 0 radical (unpaired) electrons. The number of halogens is 1. The zero-order valence-electron chi connectivity index (χ0n) is 10.0. The van der Waals surface area contributed by atoms with Crippen molar-refractivity contribution in [3.05, 3.63) is 12.2 Å². The minimum absolute atomic E-state index is 0.156. The summed E-state index contributed by atoms with van der Waals surface area (Å²) < 4.78 is 12.2. The molecule has 0 aliphatic rings. The van der Waals surface area contributed by atoms with Crippen LogP contribution in [0.2, 0.25) is 0 Å². The molecule has 104 valence electrons. The van der Waals surface area contributed by atoms with Gasteiger partial charge >= 0.3 is 17.9 Å². The highest BCUT2D eigenvalue weighted by molar-refractivity contribution is 5.89. The van der Waals surface area contributed by atoms with Crippen molar-refractivity contribution >= 4 is 17.9 Å². The fourth-order valence-corrected chi connectivity index (χ4v) is 0.840. The van der Waals surface area contributed by atoms with E-state index in [1.807, 2.05) is 6.92 Å². The second-order valence-corrected chi connectivity index (χ2v) is 3.31. The highest BCUT2D eigenvalue weighted by Crippen LogP contribution is 2.05. The number of alkyl halides is 1. The summed E-state index contributed by atoms with van der Waals surface area (Å²) in [4.78, 5) is 29.0. The summed E-state index contributed by atoms with van der Waals surface area (Å²) >= 11 is 0. The van der Waals surface area contributed by atoms with Crippen molar-refractivity contribution in [2.45, 2.75) is 38.8 Å². The van der Waals surface area contributed by atoms with Crippen LogP contribution in [0.3, 0.4) is 0 Å². The van der Waals surface area contributed by atoms with Crippen molar-refractivity contribution < 1.29 is 34.1 Å². The van der Waals surface area contributed by atoms with Gasteiger partial charge in [0.15, 0.2) is 6.17 Å². The molecule has 0 aromatic rings. The smallest absolute Gasteiger partial charge is 0.338 e. The van der Waals surface area contributed by atoms with Crippen molar-refractivity contribution in [2.24, 2.45) is 0 Å². The topological polar surface area (TPSA) is 112 Å². The number of carboxylic acid groups (broad SMARTS) is 3. The highest BCUT2D eigenvalue weighted by atomic mass is 19.1. The van der Waals surface area contributed by atoms with Crippen LogP contribution in [0.15, 0.2) is 12.2 Å². The zero-order valence-corrected chi connectivity index (χ0v) is 10.0. The molecule has 0 saturated heterocycles. The Morgan fingerprint density at radius 1 is 1.06 bits per heavy atom. The van der Waals surface area contributed by atoms with Gasteiger partial charge in [-0.3, -0.25) is 0 Å². The van der Waals surface area contributed by atoms with Gasteiger partial charge in [-0.05, 0) is 12.8 Å². The summed E-state index contributed by atoms with van der Waals surface area (Å²) in [5, 5.41) is 23.7. The van der Waals surface area contributed by atoms with Gasteiger partial charge in [0.1, 0.15) is 0 Å². The second-order valence-electron chi connectivity index (χ2n) is 3.31. The first kappa shape index (κ1) is 18.4. The van der Waals surface area contributed by atoms with Gasteiger partial charge in [-0.15, -0.1) is 0 Å². The average molecular weight is 264 g/mol. The molecular formula is C11H17FO6.